The minimum Gasteiger partial charge on any atom is -0.326 e. The molecule has 0 aromatic heterocycles. The zero-order valence-electron chi connectivity index (χ0n) is 14.8. The normalized spacial score (nSPS) is 11.4. The van der Waals surface area contributed by atoms with Crippen molar-refractivity contribution in [1.82, 2.24) is 0 Å². The minimum atomic E-state index is -3.45. The first-order valence-corrected chi connectivity index (χ1v) is 10.1. The van der Waals surface area contributed by atoms with Gasteiger partial charge in [-0.25, -0.2) is 8.42 Å². The molecule has 2 aromatic carbocycles. The molecule has 0 bridgehead atoms. The standard InChI is InChI=1S/C19H24N2O3S/c1-15(2)17-11-7-8-12-18(17)20-19(22)13-14-21(25(3,23)24)16-9-5-4-6-10-16/h4-12,15H,13-14H2,1-3H3,(H,20,22). The fraction of sp³-hybridized carbons (Fsp3) is 0.316. The van der Waals surface area contributed by atoms with Crippen LogP contribution in [0, 0.1) is 0 Å². The van der Waals surface area contributed by atoms with Crippen molar-refractivity contribution in [2.24, 2.45) is 0 Å². The van der Waals surface area contributed by atoms with Crippen LogP contribution in [-0.2, 0) is 14.8 Å². The number of amides is 1. The highest BCUT2D eigenvalue weighted by atomic mass is 32.2. The zero-order chi connectivity index (χ0) is 18.4. The highest BCUT2D eigenvalue weighted by molar-refractivity contribution is 7.92. The number of nitrogens with one attached hydrogen (secondary N) is 1. The lowest BCUT2D eigenvalue weighted by Crippen LogP contribution is -2.33. The van der Waals surface area contributed by atoms with Gasteiger partial charge in [0.05, 0.1) is 11.9 Å². The molecule has 0 radical (unpaired) electrons. The molecular formula is C19H24N2O3S. The Morgan fingerprint density at radius 3 is 2.24 bits per heavy atom. The predicted molar refractivity (Wildman–Crippen MR) is 102 cm³/mol. The van der Waals surface area contributed by atoms with Crippen molar-refractivity contribution in [3.8, 4) is 0 Å². The molecule has 25 heavy (non-hydrogen) atoms. The number of carbonyl (C=O) groups is 1. The molecule has 0 saturated carbocycles. The van der Waals surface area contributed by atoms with Crippen LogP contribution in [0.4, 0.5) is 11.4 Å². The van der Waals surface area contributed by atoms with Gasteiger partial charge in [0, 0.05) is 18.7 Å². The van der Waals surface area contributed by atoms with E-state index in [0.29, 0.717) is 5.69 Å². The summed E-state index contributed by atoms with van der Waals surface area (Å²) in [6.07, 6.45) is 1.22. The molecule has 6 heteroatoms. The predicted octanol–water partition coefficient (Wildman–Crippen LogP) is 3.60. The van der Waals surface area contributed by atoms with E-state index < -0.39 is 10.0 Å². The Morgan fingerprint density at radius 1 is 1.04 bits per heavy atom. The topological polar surface area (TPSA) is 66.5 Å². The van der Waals surface area contributed by atoms with Gasteiger partial charge in [0.25, 0.3) is 0 Å². The summed E-state index contributed by atoms with van der Waals surface area (Å²) >= 11 is 0. The molecule has 0 fully saturated rings. The van der Waals surface area contributed by atoms with Gasteiger partial charge in [-0.15, -0.1) is 0 Å². The van der Waals surface area contributed by atoms with Crippen LogP contribution in [0.25, 0.3) is 0 Å². The van der Waals surface area contributed by atoms with Crippen LogP contribution in [0.1, 0.15) is 31.7 Å². The Labute approximate surface area is 149 Å². The molecule has 134 valence electrons. The third kappa shape index (κ3) is 5.32. The van der Waals surface area contributed by atoms with E-state index in [-0.39, 0.29) is 24.8 Å². The highest BCUT2D eigenvalue weighted by Crippen LogP contribution is 2.24. The molecule has 5 nitrogen and oxygen atoms in total. The lowest BCUT2D eigenvalue weighted by Gasteiger charge is -2.22. The fourth-order valence-corrected chi connectivity index (χ4v) is 3.54. The van der Waals surface area contributed by atoms with E-state index in [1.54, 1.807) is 24.3 Å². The second-order valence-electron chi connectivity index (χ2n) is 6.21. The monoisotopic (exact) mass is 360 g/mol. The number of benzene rings is 2. The van der Waals surface area contributed by atoms with Gasteiger partial charge in [-0.2, -0.15) is 0 Å². The van der Waals surface area contributed by atoms with Crippen molar-refractivity contribution in [2.45, 2.75) is 26.2 Å². The maximum Gasteiger partial charge on any atom is 0.232 e. The van der Waals surface area contributed by atoms with Crippen molar-refractivity contribution in [3.05, 3.63) is 60.2 Å². The Balaban J connectivity index is 2.08. The average molecular weight is 360 g/mol. The van der Waals surface area contributed by atoms with Crippen LogP contribution in [0.2, 0.25) is 0 Å². The third-order valence-corrected chi connectivity index (χ3v) is 5.04. The van der Waals surface area contributed by atoms with Crippen molar-refractivity contribution < 1.29 is 13.2 Å². The number of anilines is 2. The second-order valence-corrected chi connectivity index (χ2v) is 8.12. The van der Waals surface area contributed by atoms with Crippen molar-refractivity contribution >= 4 is 27.3 Å². The van der Waals surface area contributed by atoms with Gasteiger partial charge >= 0.3 is 0 Å². The van der Waals surface area contributed by atoms with E-state index in [4.69, 9.17) is 0 Å². The van der Waals surface area contributed by atoms with Gasteiger partial charge in [0.2, 0.25) is 15.9 Å². The van der Waals surface area contributed by atoms with Crippen LogP contribution in [0.3, 0.4) is 0 Å². The summed E-state index contributed by atoms with van der Waals surface area (Å²) in [5.74, 6) is 0.0750. The molecule has 0 aliphatic carbocycles. The number of sulfonamides is 1. The van der Waals surface area contributed by atoms with Gasteiger partial charge in [-0.1, -0.05) is 50.2 Å². The lowest BCUT2D eigenvalue weighted by atomic mass is 10.0. The number of para-hydroxylation sites is 2. The Kier molecular flexibility index (Phi) is 6.20. The summed E-state index contributed by atoms with van der Waals surface area (Å²) in [6, 6.07) is 16.4. The van der Waals surface area contributed by atoms with E-state index in [9.17, 15) is 13.2 Å². The number of hydrogen-bond acceptors (Lipinski definition) is 3. The minimum absolute atomic E-state index is 0.0778. The van der Waals surface area contributed by atoms with Crippen LogP contribution >= 0.6 is 0 Å². The SMILES string of the molecule is CC(C)c1ccccc1NC(=O)CCN(c1ccccc1)S(C)(=O)=O. The fourth-order valence-electron chi connectivity index (χ4n) is 2.61. The highest BCUT2D eigenvalue weighted by Gasteiger charge is 2.18. The van der Waals surface area contributed by atoms with E-state index >= 15 is 0 Å². The lowest BCUT2D eigenvalue weighted by molar-refractivity contribution is -0.116. The number of hydrogen-bond donors (Lipinski definition) is 1. The van der Waals surface area contributed by atoms with E-state index in [0.717, 1.165) is 17.5 Å². The molecule has 0 saturated heterocycles. The molecule has 0 spiro atoms. The molecule has 0 atom stereocenters. The van der Waals surface area contributed by atoms with Crippen LogP contribution < -0.4 is 9.62 Å². The van der Waals surface area contributed by atoms with Crippen LogP contribution in [-0.4, -0.2) is 27.1 Å². The molecule has 0 unspecified atom stereocenters. The van der Waals surface area contributed by atoms with Gasteiger partial charge in [-0.05, 0) is 29.7 Å². The molecule has 0 heterocycles. The van der Waals surface area contributed by atoms with Gasteiger partial charge in [0.15, 0.2) is 0 Å². The molecule has 1 amide bonds. The Hall–Kier alpha value is -2.34. The molecule has 0 aliphatic heterocycles. The van der Waals surface area contributed by atoms with Crippen molar-refractivity contribution in [2.75, 3.05) is 22.4 Å². The summed E-state index contributed by atoms with van der Waals surface area (Å²) in [7, 11) is -3.45. The van der Waals surface area contributed by atoms with Crippen molar-refractivity contribution in [1.29, 1.82) is 0 Å². The Bertz CT molecular complexity index is 818. The van der Waals surface area contributed by atoms with E-state index in [2.05, 4.69) is 19.2 Å². The molecular weight excluding hydrogens is 336 g/mol. The van der Waals surface area contributed by atoms with Crippen molar-refractivity contribution in [3.63, 3.8) is 0 Å². The molecule has 2 aromatic rings. The molecule has 0 aliphatic rings. The number of rotatable bonds is 7. The summed E-state index contributed by atoms with van der Waals surface area (Å²) in [5, 5.41) is 2.89. The maximum atomic E-state index is 12.3. The number of carbonyl (C=O) groups excluding carboxylic acids is 1. The Morgan fingerprint density at radius 2 is 1.64 bits per heavy atom. The summed E-state index contributed by atoms with van der Waals surface area (Å²) in [4.78, 5) is 12.3. The first kappa shape index (κ1) is 19.0. The van der Waals surface area contributed by atoms with Crippen LogP contribution in [0.15, 0.2) is 54.6 Å². The smallest absolute Gasteiger partial charge is 0.232 e. The summed E-state index contributed by atoms with van der Waals surface area (Å²) in [6.45, 7) is 4.22. The number of nitrogens with zero attached hydrogens (tertiary/aromatic N) is 1. The summed E-state index contributed by atoms with van der Waals surface area (Å²) < 4.78 is 25.3. The quantitative estimate of drug-likeness (QED) is 0.820. The average Bonchev–Trinajstić information content (AvgIpc) is 2.55. The maximum absolute atomic E-state index is 12.3. The van der Waals surface area contributed by atoms with Gasteiger partial charge < -0.3 is 5.32 Å². The molecule has 2 rings (SSSR count). The zero-order valence-corrected chi connectivity index (χ0v) is 15.6. The van der Waals surface area contributed by atoms with E-state index in [1.807, 2.05) is 30.3 Å². The first-order chi connectivity index (χ1) is 11.8. The largest absolute Gasteiger partial charge is 0.326 e. The summed E-state index contributed by atoms with van der Waals surface area (Å²) in [5.41, 5.74) is 2.38. The second kappa shape index (κ2) is 8.16. The van der Waals surface area contributed by atoms with Gasteiger partial charge in [-0.3, -0.25) is 9.10 Å². The molecule has 1 N–H and O–H groups in total. The van der Waals surface area contributed by atoms with Crippen LogP contribution in [0.5, 0.6) is 0 Å². The first-order valence-electron chi connectivity index (χ1n) is 8.20. The van der Waals surface area contributed by atoms with E-state index in [1.165, 1.54) is 4.31 Å². The van der Waals surface area contributed by atoms with Gasteiger partial charge in [0.1, 0.15) is 0 Å². The third-order valence-electron chi connectivity index (χ3n) is 3.84.